The van der Waals surface area contributed by atoms with Gasteiger partial charge >= 0.3 is 0 Å². The van der Waals surface area contributed by atoms with Crippen LogP contribution in [0.2, 0.25) is 0 Å². The van der Waals surface area contributed by atoms with Gasteiger partial charge in [0.1, 0.15) is 11.6 Å². The number of amides is 1. The topological polar surface area (TPSA) is 55.8 Å². The third-order valence-electron chi connectivity index (χ3n) is 5.68. The summed E-state index contributed by atoms with van der Waals surface area (Å²) in [7, 11) is 0. The van der Waals surface area contributed by atoms with Gasteiger partial charge in [-0.1, -0.05) is 13.0 Å². The average Bonchev–Trinajstić information content (AvgIpc) is 2.79. The second kappa shape index (κ2) is 8.56. The highest BCUT2D eigenvalue weighted by molar-refractivity contribution is 5.95. The molecule has 7 heteroatoms. The maximum atomic E-state index is 12.9. The Morgan fingerprint density at radius 2 is 1.54 bits per heavy atom. The van der Waals surface area contributed by atoms with Crippen LogP contribution in [0.4, 0.5) is 11.6 Å². The van der Waals surface area contributed by atoms with Crippen LogP contribution in [0.15, 0.2) is 42.7 Å². The number of carbonyl (C=O) groups is 1. The Morgan fingerprint density at radius 1 is 0.857 bits per heavy atom. The van der Waals surface area contributed by atoms with Crippen LogP contribution in [-0.2, 0) is 0 Å². The maximum Gasteiger partial charge on any atom is 0.254 e. The Hall–Kier alpha value is -2.67. The van der Waals surface area contributed by atoms with Crippen LogP contribution in [0.5, 0.6) is 0 Å². The molecule has 4 rings (SSSR count). The molecule has 2 aromatic rings. The average molecular weight is 380 g/mol. The summed E-state index contributed by atoms with van der Waals surface area (Å²) in [5, 5.41) is 0. The first kappa shape index (κ1) is 18.7. The Kier molecular flexibility index (Phi) is 5.71. The van der Waals surface area contributed by atoms with Crippen LogP contribution in [0.25, 0.3) is 0 Å². The van der Waals surface area contributed by atoms with Gasteiger partial charge in [-0.25, -0.2) is 9.97 Å². The zero-order chi connectivity index (χ0) is 19.3. The molecule has 1 amide bonds. The van der Waals surface area contributed by atoms with Gasteiger partial charge in [-0.15, -0.1) is 0 Å². The minimum absolute atomic E-state index is 0.117. The molecule has 0 radical (unpaired) electrons. The monoisotopic (exact) mass is 380 g/mol. The van der Waals surface area contributed by atoms with Crippen LogP contribution < -0.4 is 9.80 Å². The summed E-state index contributed by atoms with van der Waals surface area (Å²) < 4.78 is 0. The van der Waals surface area contributed by atoms with Crippen LogP contribution in [0, 0.1) is 0 Å². The van der Waals surface area contributed by atoms with Crippen molar-refractivity contribution in [3.8, 4) is 0 Å². The molecule has 0 unspecified atom stereocenters. The summed E-state index contributed by atoms with van der Waals surface area (Å²) in [5.41, 5.74) is 0.738. The SMILES string of the molecule is CCN1CCN(C(=O)c2ccnc(N3CCN(c4ccccn4)CC3)c2)CC1. The number of piperazine rings is 2. The van der Waals surface area contributed by atoms with Crippen molar-refractivity contribution >= 4 is 17.5 Å². The number of hydrogen-bond donors (Lipinski definition) is 0. The lowest BCUT2D eigenvalue weighted by molar-refractivity contribution is 0.0643. The molecule has 0 N–H and O–H groups in total. The van der Waals surface area contributed by atoms with Gasteiger partial charge in [0.15, 0.2) is 0 Å². The van der Waals surface area contributed by atoms with Crippen LogP contribution >= 0.6 is 0 Å². The van der Waals surface area contributed by atoms with E-state index in [0.717, 1.165) is 76.1 Å². The third kappa shape index (κ3) is 4.09. The second-order valence-electron chi connectivity index (χ2n) is 7.29. The molecule has 0 bridgehead atoms. The zero-order valence-corrected chi connectivity index (χ0v) is 16.5. The maximum absolute atomic E-state index is 12.9. The molecule has 0 aromatic carbocycles. The molecule has 2 aromatic heterocycles. The zero-order valence-electron chi connectivity index (χ0n) is 16.5. The largest absolute Gasteiger partial charge is 0.353 e. The standard InChI is InChI=1S/C21H28N6O/c1-2-24-9-11-27(12-10-24)21(28)18-6-8-23-20(17-18)26-15-13-25(14-16-26)19-5-3-4-7-22-19/h3-8,17H,2,9-16H2,1H3. The van der Waals surface area contributed by atoms with Crippen molar-refractivity contribution in [3.63, 3.8) is 0 Å². The lowest BCUT2D eigenvalue weighted by Gasteiger charge is -2.36. The first-order valence-electron chi connectivity index (χ1n) is 10.1. The van der Waals surface area contributed by atoms with Gasteiger partial charge in [-0.2, -0.15) is 0 Å². The summed E-state index contributed by atoms with van der Waals surface area (Å²) in [6, 6.07) is 9.79. The van der Waals surface area contributed by atoms with Gasteiger partial charge in [-0.05, 0) is 30.8 Å². The number of aromatic nitrogens is 2. The van der Waals surface area contributed by atoms with Crippen molar-refractivity contribution in [1.29, 1.82) is 0 Å². The molecule has 2 aliphatic rings. The van der Waals surface area contributed by atoms with Crippen molar-refractivity contribution in [3.05, 3.63) is 48.3 Å². The number of hydrogen-bond acceptors (Lipinski definition) is 6. The Balaban J connectivity index is 1.38. The van der Waals surface area contributed by atoms with Gasteiger partial charge in [0, 0.05) is 70.3 Å². The Bertz CT molecular complexity index is 782. The van der Waals surface area contributed by atoms with Crippen molar-refractivity contribution in [1.82, 2.24) is 19.8 Å². The molecule has 0 saturated carbocycles. The number of pyridine rings is 2. The minimum atomic E-state index is 0.117. The molecule has 2 fully saturated rings. The minimum Gasteiger partial charge on any atom is -0.353 e. The van der Waals surface area contributed by atoms with E-state index in [2.05, 4.69) is 31.6 Å². The quantitative estimate of drug-likeness (QED) is 0.803. The van der Waals surface area contributed by atoms with E-state index in [1.165, 1.54) is 0 Å². The Labute approximate surface area is 166 Å². The summed E-state index contributed by atoms with van der Waals surface area (Å²) in [6.07, 6.45) is 3.59. The molecule has 0 spiro atoms. The van der Waals surface area contributed by atoms with E-state index >= 15 is 0 Å². The van der Waals surface area contributed by atoms with E-state index < -0.39 is 0 Å². The van der Waals surface area contributed by atoms with Crippen LogP contribution in [0.3, 0.4) is 0 Å². The summed E-state index contributed by atoms with van der Waals surface area (Å²) >= 11 is 0. The molecule has 0 aliphatic carbocycles. The van der Waals surface area contributed by atoms with Crippen molar-refractivity contribution in [2.75, 3.05) is 68.7 Å². The molecular formula is C21H28N6O. The summed E-state index contributed by atoms with van der Waals surface area (Å²) in [4.78, 5) is 30.8. The van der Waals surface area contributed by atoms with E-state index in [9.17, 15) is 4.79 Å². The number of anilines is 2. The molecule has 0 atom stereocenters. The van der Waals surface area contributed by atoms with Gasteiger partial charge in [0.25, 0.3) is 5.91 Å². The number of rotatable bonds is 4. The number of likely N-dealkylation sites (N-methyl/N-ethyl adjacent to an activating group) is 1. The van der Waals surface area contributed by atoms with Gasteiger partial charge < -0.3 is 19.6 Å². The fourth-order valence-electron chi connectivity index (χ4n) is 3.88. The molecule has 148 valence electrons. The lowest BCUT2D eigenvalue weighted by Crippen LogP contribution is -2.48. The summed E-state index contributed by atoms with van der Waals surface area (Å²) in [6.45, 7) is 10.3. The molecule has 28 heavy (non-hydrogen) atoms. The fourth-order valence-corrected chi connectivity index (χ4v) is 3.88. The summed E-state index contributed by atoms with van der Waals surface area (Å²) in [5.74, 6) is 2.02. The highest BCUT2D eigenvalue weighted by atomic mass is 16.2. The normalized spacial score (nSPS) is 18.4. The van der Waals surface area contributed by atoms with Crippen LogP contribution in [-0.4, -0.2) is 84.6 Å². The molecule has 4 heterocycles. The predicted molar refractivity (Wildman–Crippen MR) is 111 cm³/mol. The highest BCUT2D eigenvalue weighted by Crippen LogP contribution is 2.19. The van der Waals surface area contributed by atoms with Gasteiger partial charge in [0.2, 0.25) is 0 Å². The lowest BCUT2D eigenvalue weighted by atomic mass is 10.2. The molecule has 2 aliphatic heterocycles. The molecule has 7 nitrogen and oxygen atoms in total. The number of carbonyl (C=O) groups excluding carboxylic acids is 1. The van der Waals surface area contributed by atoms with Gasteiger partial charge in [0.05, 0.1) is 0 Å². The first-order valence-corrected chi connectivity index (χ1v) is 10.1. The van der Waals surface area contributed by atoms with Crippen molar-refractivity contribution in [2.24, 2.45) is 0 Å². The smallest absolute Gasteiger partial charge is 0.254 e. The third-order valence-corrected chi connectivity index (χ3v) is 5.68. The van der Waals surface area contributed by atoms with Gasteiger partial charge in [-0.3, -0.25) is 4.79 Å². The number of nitrogens with zero attached hydrogens (tertiary/aromatic N) is 6. The van der Waals surface area contributed by atoms with E-state index in [-0.39, 0.29) is 5.91 Å². The highest BCUT2D eigenvalue weighted by Gasteiger charge is 2.23. The van der Waals surface area contributed by atoms with E-state index in [0.29, 0.717) is 0 Å². The van der Waals surface area contributed by atoms with Crippen molar-refractivity contribution in [2.45, 2.75) is 6.92 Å². The second-order valence-corrected chi connectivity index (χ2v) is 7.29. The Morgan fingerprint density at radius 3 is 2.18 bits per heavy atom. The fraction of sp³-hybridized carbons (Fsp3) is 0.476. The molecule has 2 saturated heterocycles. The van der Waals surface area contributed by atoms with E-state index in [4.69, 9.17) is 0 Å². The predicted octanol–water partition coefficient (Wildman–Crippen LogP) is 1.58. The molecular weight excluding hydrogens is 352 g/mol. The van der Waals surface area contributed by atoms with E-state index in [1.54, 1.807) is 6.20 Å². The first-order chi connectivity index (χ1) is 13.7. The van der Waals surface area contributed by atoms with Crippen molar-refractivity contribution < 1.29 is 4.79 Å². The van der Waals surface area contributed by atoms with Crippen LogP contribution in [0.1, 0.15) is 17.3 Å². The van der Waals surface area contributed by atoms with E-state index in [1.807, 2.05) is 41.4 Å².